The first-order valence-electron chi connectivity index (χ1n) is 7.50. The van der Waals surface area contributed by atoms with Crippen molar-refractivity contribution in [3.8, 4) is 0 Å². The van der Waals surface area contributed by atoms with Gasteiger partial charge >= 0.3 is 296 Å². The first kappa shape index (κ1) is 105. The molecule has 18 nitrogen and oxygen atoms in total. The molecule has 0 aliphatic rings. The van der Waals surface area contributed by atoms with Crippen LogP contribution >= 0.6 is 38.0 Å². The molecule has 0 heterocycles. The summed E-state index contributed by atoms with van der Waals surface area (Å²) in [4.78, 5) is 91.0. The monoisotopic (exact) mass is 803 g/mol. The van der Waals surface area contributed by atoms with Crippen molar-refractivity contribution >= 4 is 38.0 Å². The molecule has 0 aliphatic heterocycles. The number of nitrogens with one attached hydrogen (secondary N) is 1. The first-order chi connectivity index (χ1) is 13.4. The molecule has 0 aromatic rings. The van der Waals surface area contributed by atoms with Gasteiger partial charge in [-0.1, -0.05) is 38.0 Å². The smallest absolute Gasteiger partial charge is 0.811 e. The van der Waals surface area contributed by atoms with Crippen molar-refractivity contribution in [3.63, 3.8) is 0 Å². The standard InChI is InChI=1S/C4H13N3.5CH5O3P.10Na/c5-1-3-7-4-2-6;5*1-5(2,3)4;;;;;;;;;;/h7H,1-6H2;5*1H3,(H2,2,3,4);;;;;;;;;;/q;;;;;;10*+1/p-10. The van der Waals surface area contributed by atoms with Crippen LogP contribution in [0.5, 0.6) is 0 Å². The molecule has 0 aromatic carbocycles. The molecule has 0 aliphatic carbocycles. The third-order valence-electron chi connectivity index (χ3n) is 0.642. The van der Waals surface area contributed by atoms with E-state index in [1.807, 2.05) is 0 Å². The molecule has 5 N–H and O–H groups in total. The van der Waals surface area contributed by atoms with E-state index < -0.39 is 38.0 Å². The Morgan fingerprint density at radius 2 is 0.452 bits per heavy atom. The molecule has 33 heteroatoms. The van der Waals surface area contributed by atoms with E-state index >= 15 is 0 Å². The van der Waals surface area contributed by atoms with Crippen molar-refractivity contribution in [1.82, 2.24) is 5.32 Å². The summed E-state index contributed by atoms with van der Waals surface area (Å²) in [6.07, 6.45) is 0. The fourth-order valence-corrected chi connectivity index (χ4v) is 0.329. The van der Waals surface area contributed by atoms with Gasteiger partial charge in [-0.3, -0.25) is 0 Å². The molecule has 42 heavy (non-hydrogen) atoms. The van der Waals surface area contributed by atoms with Crippen LogP contribution in [0, 0.1) is 0 Å². The van der Waals surface area contributed by atoms with Gasteiger partial charge in [0.2, 0.25) is 0 Å². The molecule has 0 saturated heterocycles. The van der Waals surface area contributed by atoms with Gasteiger partial charge in [0.25, 0.3) is 0 Å². The molecule has 0 aromatic heterocycles. The molecule has 0 radical (unpaired) electrons. The minimum absolute atomic E-state index is 0. The summed E-state index contributed by atoms with van der Waals surface area (Å²) in [5.74, 6) is 0. The maximum Gasteiger partial charge on any atom is 1.00 e. The zero-order valence-electron chi connectivity index (χ0n) is 27.8. The summed E-state index contributed by atoms with van der Waals surface area (Å²) >= 11 is 0. The second kappa shape index (κ2) is 63.6. The minimum Gasteiger partial charge on any atom is -0.811 e. The van der Waals surface area contributed by atoms with E-state index in [2.05, 4.69) is 5.32 Å². The predicted octanol–water partition coefficient (Wildman–Crippen LogP) is -38.8. The third-order valence-corrected chi connectivity index (χ3v) is 0.642. The Labute approximate surface area is 470 Å². The van der Waals surface area contributed by atoms with Crippen molar-refractivity contribution < 1.29 is 367 Å². The van der Waals surface area contributed by atoms with Crippen LogP contribution in [0.1, 0.15) is 0 Å². The van der Waals surface area contributed by atoms with Gasteiger partial charge in [-0.2, -0.15) is 0 Å². The fourth-order valence-electron chi connectivity index (χ4n) is 0.329. The first-order valence-corrected chi connectivity index (χ1v) is 17.4. The van der Waals surface area contributed by atoms with E-state index in [-0.39, 0.29) is 296 Å². The number of hydrogen-bond acceptors (Lipinski definition) is 18. The Bertz CT molecular complexity index is 504. The fraction of sp³-hybridized carbons (Fsp3) is 1.00. The average Bonchev–Trinajstić information content (AvgIpc) is 2.28. The summed E-state index contributed by atoms with van der Waals surface area (Å²) in [6.45, 7) is 6.29. The van der Waals surface area contributed by atoms with Crippen LogP contribution in [0.4, 0.5) is 0 Å². The molecule has 0 rings (SSSR count). The van der Waals surface area contributed by atoms with E-state index in [9.17, 15) is 0 Å². The second-order valence-corrected chi connectivity index (χ2v) is 12.9. The average molecular weight is 803 g/mol. The summed E-state index contributed by atoms with van der Waals surface area (Å²) in [7, 11) is -20.7. The van der Waals surface area contributed by atoms with Gasteiger partial charge in [-0.25, -0.2) is 0 Å². The summed E-state index contributed by atoms with van der Waals surface area (Å²) in [5, 5.41) is 3.03. The molecule has 0 spiro atoms. The van der Waals surface area contributed by atoms with E-state index in [1.54, 1.807) is 0 Å². The van der Waals surface area contributed by atoms with Gasteiger partial charge in [0.1, 0.15) is 0 Å². The van der Waals surface area contributed by atoms with Gasteiger partial charge in [0, 0.05) is 26.2 Å². The van der Waals surface area contributed by atoms with Gasteiger partial charge in [0.15, 0.2) is 0 Å². The minimum atomic E-state index is -4.14. The van der Waals surface area contributed by atoms with E-state index in [0.717, 1.165) is 13.1 Å². The largest absolute Gasteiger partial charge is 1.00 e. The number of rotatable bonds is 4. The van der Waals surface area contributed by atoms with Gasteiger partial charge in [0.05, 0.1) is 0 Å². The second-order valence-electron chi connectivity index (χ2n) is 5.18. The Balaban J connectivity index is -0.0000000132. The topological polar surface area (TPSA) is 380 Å². The van der Waals surface area contributed by atoms with Gasteiger partial charge in [-0.15, -0.1) is 0 Å². The van der Waals surface area contributed by atoms with E-state index in [1.165, 1.54) is 0 Å². The summed E-state index contributed by atoms with van der Waals surface area (Å²) in [6, 6.07) is 0. The van der Waals surface area contributed by atoms with Gasteiger partial charge in [-0.05, 0) is 33.3 Å². The quantitative estimate of drug-likeness (QED) is 0.135. The molecular weight excluding hydrogens is 775 g/mol. The zero-order chi connectivity index (χ0) is 28.0. The molecular formula is C9H28N3Na10O15P5. The number of nitrogens with two attached hydrogens (primary N) is 2. The van der Waals surface area contributed by atoms with Crippen molar-refractivity contribution in [3.05, 3.63) is 0 Å². The molecule has 0 unspecified atom stereocenters. The predicted molar refractivity (Wildman–Crippen MR) is 98.6 cm³/mol. The molecule has 0 bridgehead atoms. The van der Waals surface area contributed by atoms with Crippen molar-refractivity contribution in [2.45, 2.75) is 0 Å². The van der Waals surface area contributed by atoms with Crippen LogP contribution in [0.2, 0.25) is 0 Å². The third kappa shape index (κ3) is 583. The van der Waals surface area contributed by atoms with Gasteiger partial charge < -0.3 is 88.5 Å². The SMILES string of the molecule is CP(=O)([O-])[O-].CP(=O)([O-])[O-].CP(=O)([O-])[O-].CP(=O)([O-])[O-].CP(=O)([O-])[O-].NCCNCCN.[Na+].[Na+].[Na+].[Na+].[Na+].[Na+].[Na+].[Na+].[Na+].[Na+]. The normalized spacial score (nSPS) is 8.60. The number of hydrogen-bond donors (Lipinski definition) is 3. The Morgan fingerprint density at radius 3 is 0.500 bits per heavy atom. The van der Waals surface area contributed by atoms with Crippen LogP contribution in [0.15, 0.2) is 0 Å². The molecule has 0 atom stereocenters. The van der Waals surface area contributed by atoms with E-state index in [4.69, 9.17) is 83.2 Å². The summed E-state index contributed by atoms with van der Waals surface area (Å²) < 4.78 is 45.5. The van der Waals surface area contributed by atoms with Crippen molar-refractivity contribution in [1.29, 1.82) is 0 Å². The maximum atomic E-state index is 9.10. The molecule has 0 fully saturated rings. The van der Waals surface area contributed by atoms with Crippen LogP contribution < -0.4 is 361 Å². The van der Waals surface area contributed by atoms with Crippen molar-refractivity contribution in [2.75, 3.05) is 59.5 Å². The van der Waals surface area contributed by atoms with Crippen LogP contribution in [-0.4, -0.2) is 59.5 Å². The zero-order valence-corrected chi connectivity index (χ0v) is 52.3. The maximum absolute atomic E-state index is 9.10. The molecule has 0 amide bonds. The van der Waals surface area contributed by atoms with Crippen molar-refractivity contribution in [2.24, 2.45) is 11.5 Å². The van der Waals surface area contributed by atoms with E-state index in [0.29, 0.717) is 46.4 Å². The Hall–Kier alpha value is 10.6. The van der Waals surface area contributed by atoms with Crippen LogP contribution in [0.25, 0.3) is 0 Å². The Kier molecular flexibility index (Phi) is 158. The van der Waals surface area contributed by atoms with Crippen LogP contribution in [0.3, 0.4) is 0 Å². The van der Waals surface area contributed by atoms with Crippen LogP contribution in [-0.2, 0) is 22.8 Å². The Morgan fingerprint density at radius 1 is 0.381 bits per heavy atom. The molecule has 0 saturated carbocycles. The summed E-state index contributed by atoms with van der Waals surface area (Å²) in [5.41, 5.74) is 10.3. The molecule has 204 valence electrons.